The van der Waals surface area contributed by atoms with Crippen molar-refractivity contribution in [1.82, 2.24) is 9.78 Å². The first-order chi connectivity index (χ1) is 9.60. The van der Waals surface area contributed by atoms with Gasteiger partial charge in [-0.3, -0.25) is 4.68 Å². The fourth-order valence-corrected chi connectivity index (χ4v) is 2.24. The first-order valence-electron chi connectivity index (χ1n) is 7.10. The van der Waals surface area contributed by atoms with Gasteiger partial charge in [-0.2, -0.15) is 5.10 Å². The van der Waals surface area contributed by atoms with Crippen LogP contribution < -0.4 is 10.5 Å². The van der Waals surface area contributed by atoms with Gasteiger partial charge in [0, 0.05) is 24.8 Å². The number of hydrogen-bond donors (Lipinski definition) is 1. The van der Waals surface area contributed by atoms with Crippen molar-refractivity contribution < 1.29 is 4.74 Å². The Labute approximate surface area is 120 Å². The minimum absolute atomic E-state index is 0.102. The van der Waals surface area contributed by atoms with Gasteiger partial charge in [-0.1, -0.05) is 25.5 Å². The van der Waals surface area contributed by atoms with Gasteiger partial charge in [-0.05, 0) is 31.0 Å². The summed E-state index contributed by atoms with van der Waals surface area (Å²) < 4.78 is 7.79. The predicted molar refractivity (Wildman–Crippen MR) is 80.7 cm³/mol. The minimum Gasteiger partial charge on any atom is -0.484 e. The van der Waals surface area contributed by atoms with Gasteiger partial charge in [-0.25, -0.2) is 0 Å². The molecule has 0 radical (unpaired) electrons. The van der Waals surface area contributed by atoms with E-state index in [1.54, 1.807) is 10.9 Å². The van der Waals surface area contributed by atoms with Gasteiger partial charge in [0.05, 0.1) is 6.20 Å². The van der Waals surface area contributed by atoms with E-state index in [2.05, 4.69) is 24.2 Å². The van der Waals surface area contributed by atoms with Gasteiger partial charge in [0.1, 0.15) is 11.9 Å². The summed E-state index contributed by atoms with van der Waals surface area (Å²) in [6.45, 7) is 4.13. The molecule has 1 aromatic carbocycles. The third-order valence-corrected chi connectivity index (χ3v) is 3.26. The topological polar surface area (TPSA) is 53.1 Å². The number of hydrogen-bond acceptors (Lipinski definition) is 3. The van der Waals surface area contributed by atoms with Gasteiger partial charge in [0.15, 0.2) is 0 Å². The number of rotatable bonds is 6. The molecule has 0 aliphatic rings. The van der Waals surface area contributed by atoms with Crippen LogP contribution in [0.15, 0.2) is 36.7 Å². The number of nitrogens with zero attached hydrogens (tertiary/aromatic N) is 2. The molecule has 0 saturated heterocycles. The molecule has 0 bridgehead atoms. The lowest BCUT2D eigenvalue weighted by atomic mass is 10.1. The highest BCUT2D eigenvalue weighted by Gasteiger charge is 2.19. The zero-order valence-electron chi connectivity index (χ0n) is 12.4. The largest absolute Gasteiger partial charge is 0.484 e. The van der Waals surface area contributed by atoms with E-state index in [0.717, 1.165) is 24.2 Å². The molecule has 2 atom stereocenters. The maximum absolute atomic E-state index is 6.04. The van der Waals surface area contributed by atoms with Gasteiger partial charge >= 0.3 is 0 Å². The summed E-state index contributed by atoms with van der Waals surface area (Å²) in [5.74, 6) is 0.844. The monoisotopic (exact) mass is 273 g/mol. The lowest BCUT2D eigenvalue weighted by Crippen LogP contribution is -2.28. The van der Waals surface area contributed by atoms with Crippen molar-refractivity contribution in [3.05, 3.63) is 47.8 Å². The molecular formula is C16H23N3O. The van der Waals surface area contributed by atoms with E-state index < -0.39 is 0 Å². The molecule has 2 unspecified atom stereocenters. The van der Waals surface area contributed by atoms with Crippen molar-refractivity contribution in [2.24, 2.45) is 12.8 Å². The van der Waals surface area contributed by atoms with E-state index in [1.807, 2.05) is 32.3 Å². The second kappa shape index (κ2) is 6.57. The molecule has 4 nitrogen and oxygen atoms in total. The van der Waals surface area contributed by atoms with Crippen LogP contribution in [0, 0.1) is 0 Å². The SMILES string of the molecule is CCCc1ccc(OC(c2cnn(C)c2)C(C)N)cc1. The maximum atomic E-state index is 6.04. The number of ether oxygens (including phenoxy) is 1. The van der Waals surface area contributed by atoms with Gasteiger partial charge in [-0.15, -0.1) is 0 Å². The average Bonchev–Trinajstić information content (AvgIpc) is 2.84. The molecule has 1 aromatic heterocycles. The number of benzene rings is 1. The minimum atomic E-state index is -0.180. The van der Waals surface area contributed by atoms with Crippen LogP contribution in [0.1, 0.15) is 37.5 Å². The Morgan fingerprint density at radius 2 is 2.00 bits per heavy atom. The molecule has 108 valence electrons. The average molecular weight is 273 g/mol. The Morgan fingerprint density at radius 1 is 1.30 bits per heavy atom. The molecule has 1 heterocycles. The summed E-state index contributed by atoms with van der Waals surface area (Å²) in [4.78, 5) is 0. The lowest BCUT2D eigenvalue weighted by Gasteiger charge is -2.21. The maximum Gasteiger partial charge on any atom is 0.141 e. The van der Waals surface area contributed by atoms with Crippen LogP contribution in [-0.4, -0.2) is 15.8 Å². The molecule has 2 aromatic rings. The van der Waals surface area contributed by atoms with Crippen LogP contribution in [0.5, 0.6) is 5.75 Å². The van der Waals surface area contributed by atoms with Crippen LogP contribution in [0.3, 0.4) is 0 Å². The van der Waals surface area contributed by atoms with Crippen molar-refractivity contribution >= 4 is 0 Å². The number of aryl methyl sites for hydroxylation is 2. The third kappa shape index (κ3) is 3.61. The van der Waals surface area contributed by atoms with Crippen molar-refractivity contribution in [1.29, 1.82) is 0 Å². The number of nitrogens with two attached hydrogens (primary N) is 1. The lowest BCUT2D eigenvalue weighted by molar-refractivity contribution is 0.180. The van der Waals surface area contributed by atoms with E-state index in [-0.39, 0.29) is 12.1 Å². The molecule has 2 rings (SSSR count). The highest BCUT2D eigenvalue weighted by atomic mass is 16.5. The van der Waals surface area contributed by atoms with E-state index in [4.69, 9.17) is 10.5 Å². The van der Waals surface area contributed by atoms with E-state index in [0.29, 0.717) is 0 Å². The quantitative estimate of drug-likeness (QED) is 0.880. The first-order valence-corrected chi connectivity index (χ1v) is 7.10. The standard InChI is InChI=1S/C16H23N3O/c1-4-5-13-6-8-15(9-7-13)20-16(12(2)17)14-10-18-19(3)11-14/h6-12,16H,4-5,17H2,1-3H3. The smallest absolute Gasteiger partial charge is 0.141 e. The summed E-state index contributed by atoms with van der Waals surface area (Å²) >= 11 is 0. The number of aromatic nitrogens is 2. The predicted octanol–water partition coefficient (Wildman–Crippen LogP) is 2.84. The molecule has 4 heteroatoms. The molecule has 0 amide bonds. The second-order valence-electron chi connectivity index (χ2n) is 5.24. The molecule has 0 spiro atoms. The molecule has 0 saturated carbocycles. The molecule has 20 heavy (non-hydrogen) atoms. The van der Waals surface area contributed by atoms with Gasteiger partial charge < -0.3 is 10.5 Å². The second-order valence-corrected chi connectivity index (χ2v) is 5.24. The molecule has 2 N–H and O–H groups in total. The third-order valence-electron chi connectivity index (χ3n) is 3.26. The van der Waals surface area contributed by atoms with Crippen molar-refractivity contribution in [3.63, 3.8) is 0 Å². The van der Waals surface area contributed by atoms with Crippen molar-refractivity contribution in [3.8, 4) is 5.75 Å². The summed E-state index contributed by atoms with van der Waals surface area (Å²) in [6, 6.07) is 8.14. The first kappa shape index (κ1) is 14.6. The molecular weight excluding hydrogens is 250 g/mol. The molecule has 0 aliphatic heterocycles. The highest BCUT2D eigenvalue weighted by Crippen LogP contribution is 2.24. The summed E-state index contributed by atoms with van der Waals surface area (Å²) in [5.41, 5.74) is 8.37. The van der Waals surface area contributed by atoms with Crippen molar-refractivity contribution in [2.45, 2.75) is 38.8 Å². The van der Waals surface area contributed by atoms with Crippen LogP contribution in [0.2, 0.25) is 0 Å². The zero-order valence-corrected chi connectivity index (χ0v) is 12.4. The highest BCUT2D eigenvalue weighted by molar-refractivity contribution is 5.28. The van der Waals surface area contributed by atoms with Crippen LogP contribution >= 0.6 is 0 Å². The van der Waals surface area contributed by atoms with Gasteiger partial charge in [0.25, 0.3) is 0 Å². The Morgan fingerprint density at radius 3 is 2.50 bits per heavy atom. The Bertz CT molecular complexity index is 531. The van der Waals surface area contributed by atoms with Crippen LogP contribution in [0.4, 0.5) is 0 Å². The van der Waals surface area contributed by atoms with Crippen LogP contribution in [-0.2, 0) is 13.5 Å². The molecule has 0 aliphatic carbocycles. The van der Waals surface area contributed by atoms with E-state index >= 15 is 0 Å². The van der Waals surface area contributed by atoms with E-state index in [1.165, 1.54) is 5.56 Å². The Balaban J connectivity index is 2.12. The normalized spacial score (nSPS) is 14.0. The zero-order chi connectivity index (χ0) is 14.5. The fraction of sp³-hybridized carbons (Fsp3) is 0.438. The fourth-order valence-electron chi connectivity index (χ4n) is 2.24. The van der Waals surface area contributed by atoms with Crippen LogP contribution in [0.25, 0.3) is 0 Å². The summed E-state index contributed by atoms with van der Waals surface area (Å²) in [6.07, 6.45) is 5.82. The van der Waals surface area contributed by atoms with Gasteiger partial charge in [0.2, 0.25) is 0 Å². The molecule has 0 fully saturated rings. The summed E-state index contributed by atoms with van der Waals surface area (Å²) in [7, 11) is 1.89. The van der Waals surface area contributed by atoms with Crippen molar-refractivity contribution in [2.75, 3.05) is 0 Å². The van der Waals surface area contributed by atoms with E-state index in [9.17, 15) is 0 Å². The Kier molecular flexibility index (Phi) is 4.79. The Hall–Kier alpha value is -1.81. The summed E-state index contributed by atoms with van der Waals surface area (Å²) in [5, 5.41) is 4.18.